The van der Waals surface area contributed by atoms with E-state index < -0.39 is 28.5 Å². The van der Waals surface area contributed by atoms with Crippen LogP contribution in [0.3, 0.4) is 0 Å². The van der Waals surface area contributed by atoms with Crippen molar-refractivity contribution >= 4 is 50.7 Å². The first-order valence-electron chi connectivity index (χ1n) is 15.9. The van der Waals surface area contributed by atoms with Crippen molar-refractivity contribution in [3.8, 4) is 5.75 Å². The van der Waals surface area contributed by atoms with E-state index in [1.165, 1.54) is 24.1 Å². The van der Waals surface area contributed by atoms with Crippen LogP contribution in [0, 0.1) is 6.92 Å². The second-order valence-corrected chi connectivity index (χ2v) is 14.6. The Kier molecular flexibility index (Phi) is 11.7. The summed E-state index contributed by atoms with van der Waals surface area (Å²) in [6.07, 6.45) is 3.92. The lowest BCUT2D eigenvalue weighted by Crippen LogP contribution is -2.54. The SMILES string of the molecule is COc1cccc(N(CC(=O)N(Cc2c(Cl)cccc2Cl)[C@H](Cc2ccccc2)C(=O)NC2CCCC2)S(=O)(=O)c2ccc(C)cc2)c1. The van der Waals surface area contributed by atoms with Gasteiger partial charge in [0.1, 0.15) is 18.3 Å². The molecule has 4 aromatic rings. The number of benzene rings is 4. The highest BCUT2D eigenvalue weighted by Gasteiger charge is 2.36. The Morgan fingerprint density at radius 1 is 0.896 bits per heavy atom. The second-order valence-electron chi connectivity index (χ2n) is 11.9. The molecule has 48 heavy (non-hydrogen) atoms. The van der Waals surface area contributed by atoms with E-state index in [0.29, 0.717) is 21.4 Å². The lowest BCUT2D eigenvalue weighted by molar-refractivity contribution is -0.140. The fourth-order valence-corrected chi connectivity index (χ4v) is 7.83. The minimum absolute atomic E-state index is 0.00757. The number of halogens is 2. The molecule has 0 aliphatic heterocycles. The Bertz CT molecular complexity index is 1810. The van der Waals surface area contributed by atoms with Crippen molar-refractivity contribution in [2.75, 3.05) is 18.0 Å². The van der Waals surface area contributed by atoms with Crippen molar-refractivity contribution in [2.45, 2.75) is 62.6 Å². The number of hydrogen-bond acceptors (Lipinski definition) is 5. The summed E-state index contributed by atoms with van der Waals surface area (Å²) in [5, 5.41) is 3.82. The van der Waals surface area contributed by atoms with Crippen LogP contribution >= 0.6 is 23.2 Å². The molecule has 1 saturated carbocycles. The smallest absolute Gasteiger partial charge is 0.264 e. The molecular formula is C37H39Cl2N3O5S. The molecule has 1 aliphatic carbocycles. The molecule has 1 atom stereocenters. The van der Waals surface area contributed by atoms with Gasteiger partial charge in [0.25, 0.3) is 10.0 Å². The number of rotatable bonds is 13. The third-order valence-corrected chi connectivity index (χ3v) is 11.1. The fraction of sp³-hybridized carbons (Fsp3) is 0.297. The van der Waals surface area contributed by atoms with Gasteiger partial charge in [-0.3, -0.25) is 13.9 Å². The van der Waals surface area contributed by atoms with Gasteiger partial charge in [-0.05, 0) is 61.7 Å². The van der Waals surface area contributed by atoms with Gasteiger partial charge in [-0.1, -0.05) is 96.2 Å². The summed E-state index contributed by atoms with van der Waals surface area (Å²) < 4.78 is 35.0. The zero-order valence-electron chi connectivity index (χ0n) is 26.9. The van der Waals surface area contributed by atoms with Crippen LogP contribution in [0.4, 0.5) is 5.69 Å². The molecule has 2 amide bonds. The van der Waals surface area contributed by atoms with E-state index in [1.54, 1.807) is 54.6 Å². The Morgan fingerprint density at radius 2 is 1.54 bits per heavy atom. The molecule has 5 rings (SSSR count). The van der Waals surface area contributed by atoms with E-state index >= 15 is 0 Å². The van der Waals surface area contributed by atoms with Crippen molar-refractivity contribution in [1.29, 1.82) is 0 Å². The standard InChI is InChI=1S/C37H39Cl2N3O5S/c1-26-18-20-31(21-19-26)48(45,46)42(29-14-8-15-30(23-29)47-2)25-36(43)41(24-32-33(38)16-9-17-34(32)39)35(22-27-10-4-3-5-11-27)37(44)40-28-12-6-7-13-28/h3-5,8-11,14-21,23,28,35H,6-7,12-13,22,24-25H2,1-2H3,(H,40,44)/t35-/m1/s1. The molecule has 0 radical (unpaired) electrons. The number of hydrogen-bond donors (Lipinski definition) is 1. The minimum atomic E-state index is -4.26. The largest absolute Gasteiger partial charge is 0.497 e. The first kappa shape index (κ1) is 35.3. The van der Waals surface area contributed by atoms with Gasteiger partial charge < -0.3 is 15.0 Å². The number of anilines is 1. The fourth-order valence-electron chi connectivity index (χ4n) is 5.91. The predicted octanol–water partition coefficient (Wildman–Crippen LogP) is 7.20. The minimum Gasteiger partial charge on any atom is -0.497 e. The van der Waals surface area contributed by atoms with Gasteiger partial charge in [0.15, 0.2) is 0 Å². The van der Waals surface area contributed by atoms with Crippen molar-refractivity contribution in [3.05, 3.63) is 124 Å². The summed E-state index contributed by atoms with van der Waals surface area (Å²) in [7, 11) is -2.78. The van der Waals surface area contributed by atoms with Crippen LogP contribution < -0.4 is 14.4 Å². The van der Waals surface area contributed by atoms with Crippen molar-refractivity contribution in [1.82, 2.24) is 10.2 Å². The average Bonchev–Trinajstić information content (AvgIpc) is 3.60. The molecule has 0 aromatic heterocycles. The molecule has 0 unspecified atom stereocenters. The molecule has 0 heterocycles. The number of carbonyl (C=O) groups excluding carboxylic acids is 2. The molecule has 0 spiro atoms. The van der Waals surface area contributed by atoms with E-state index in [2.05, 4.69) is 5.32 Å². The van der Waals surface area contributed by atoms with Gasteiger partial charge in [0.2, 0.25) is 11.8 Å². The van der Waals surface area contributed by atoms with Crippen LogP contribution in [0.5, 0.6) is 5.75 Å². The molecule has 0 saturated heterocycles. The topological polar surface area (TPSA) is 96.0 Å². The van der Waals surface area contributed by atoms with Gasteiger partial charge in [0.05, 0.1) is 17.7 Å². The number of sulfonamides is 1. The van der Waals surface area contributed by atoms with Crippen molar-refractivity contribution in [3.63, 3.8) is 0 Å². The third kappa shape index (κ3) is 8.50. The van der Waals surface area contributed by atoms with E-state index in [4.69, 9.17) is 27.9 Å². The molecule has 252 valence electrons. The summed E-state index contributed by atoms with van der Waals surface area (Å²) in [6, 6.07) is 26.4. The normalized spacial score (nSPS) is 13.9. The maximum absolute atomic E-state index is 14.7. The number of methoxy groups -OCH3 is 1. The summed E-state index contributed by atoms with van der Waals surface area (Å²) in [6.45, 7) is 1.14. The van der Waals surface area contributed by atoms with E-state index in [1.807, 2.05) is 37.3 Å². The molecule has 1 N–H and O–H groups in total. The number of carbonyl (C=O) groups is 2. The highest BCUT2D eigenvalue weighted by Crippen LogP contribution is 2.30. The highest BCUT2D eigenvalue weighted by molar-refractivity contribution is 7.92. The number of nitrogens with one attached hydrogen (secondary N) is 1. The van der Waals surface area contributed by atoms with E-state index in [0.717, 1.165) is 41.1 Å². The van der Waals surface area contributed by atoms with Gasteiger partial charge in [-0.2, -0.15) is 0 Å². The predicted molar refractivity (Wildman–Crippen MR) is 190 cm³/mol. The molecule has 1 fully saturated rings. The number of nitrogens with zero attached hydrogens (tertiary/aromatic N) is 2. The van der Waals surface area contributed by atoms with Crippen molar-refractivity contribution < 1.29 is 22.7 Å². The second kappa shape index (κ2) is 15.9. The molecule has 1 aliphatic rings. The first-order chi connectivity index (χ1) is 23.1. The molecule has 11 heteroatoms. The lowest BCUT2D eigenvalue weighted by Gasteiger charge is -2.34. The van der Waals surface area contributed by atoms with Gasteiger partial charge in [-0.15, -0.1) is 0 Å². The Balaban J connectivity index is 1.60. The summed E-state index contributed by atoms with van der Waals surface area (Å²) in [5.74, 6) is -0.509. The number of amides is 2. The summed E-state index contributed by atoms with van der Waals surface area (Å²) in [4.78, 5) is 30.3. The monoisotopic (exact) mass is 707 g/mol. The van der Waals surface area contributed by atoms with Crippen LogP contribution in [0.2, 0.25) is 10.0 Å². The van der Waals surface area contributed by atoms with Gasteiger partial charge in [-0.25, -0.2) is 8.42 Å². The third-order valence-electron chi connectivity index (χ3n) is 8.59. The Hall–Kier alpha value is -4.05. The lowest BCUT2D eigenvalue weighted by atomic mass is 10.0. The quantitative estimate of drug-likeness (QED) is 0.159. The van der Waals surface area contributed by atoms with Crippen LogP contribution in [0.25, 0.3) is 0 Å². The summed E-state index contributed by atoms with van der Waals surface area (Å²) in [5.41, 5.74) is 2.41. The highest BCUT2D eigenvalue weighted by atomic mass is 35.5. The van der Waals surface area contributed by atoms with Crippen LogP contribution in [-0.4, -0.2) is 50.9 Å². The molecule has 0 bridgehead atoms. The van der Waals surface area contributed by atoms with E-state index in [-0.39, 0.29) is 35.5 Å². The molecule has 4 aromatic carbocycles. The Morgan fingerprint density at radius 3 is 2.19 bits per heavy atom. The van der Waals surface area contributed by atoms with Crippen LogP contribution in [0.15, 0.2) is 102 Å². The average molecular weight is 709 g/mol. The zero-order chi connectivity index (χ0) is 34.3. The Labute approximate surface area is 292 Å². The van der Waals surface area contributed by atoms with E-state index in [9.17, 15) is 18.0 Å². The number of ether oxygens (including phenoxy) is 1. The van der Waals surface area contributed by atoms with Crippen LogP contribution in [-0.2, 0) is 32.6 Å². The maximum Gasteiger partial charge on any atom is 0.264 e. The van der Waals surface area contributed by atoms with Crippen molar-refractivity contribution in [2.24, 2.45) is 0 Å². The molecular weight excluding hydrogens is 669 g/mol. The maximum atomic E-state index is 14.7. The molecule has 8 nitrogen and oxygen atoms in total. The zero-order valence-corrected chi connectivity index (χ0v) is 29.3. The van der Waals surface area contributed by atoms with Gasteiger partial charge in [0, 0.05) is 40.7 Å². The first-order valence-corrected chi connectivity index (χ1v) is 18.1. The van der Waals surface area contributed by atoms with Gasteiger partial charge >= 0.3 is 0 Å². The summed E-state index contributed by atoms with van der Waals surface area (Å²) >= 11 is 13.2. The van der Waals surface area contributed by atoms with Crippen LogP contribution in [0.1, 0.15) is 42.4 Å². The number of aryl methyl sites for hydroxylation is 1.